The van der Waals surface area contributed by atoms with E-state index in [1.807, 2.05) is 36.4 Å². The van der Waals surface area contributed by atoms with Crippen molar-refractivity contribution in [2.24, 2.45) is 0 Å². The minimum absolute atomic E-state index is 0.0343. The Balaban J connectivity index is 1.42. The molecule has 1 amide bonds. The Morgan fingerprint density at radius 3 is 2.49 bits per heavy atom. The van der Waals surface area contributed by atoms with Crippen LogP contribution in [0.1, 0.15) is 53.9 Å². The summed E-state index contributed by atoms with van der Waals surface area (Å²) in [6.45, 7) is 2.54. The maximum absolute atomic E-state index is 13.3. The lowest BCUT2D eigenvalue weighted by Gasteiger charge is -2.38. The van der Waals surface area contributed by atoms with Gasteiger partial charge >= 0.3 is 0 Å². The van der Waals surface area contributed by atoms with Gasteiger partial charge in [-0.3, -0.25) is 14.5 Å². The third kappa shape index (κ3) is 4.61. The number of carbonyl (C=O) groups excluding carboxylic acids is 2. The van der Waals surface area contributed by atoms with E-state index in [2.05, 4.69) is 25.1 Å². The fourth-order valence-corrected chi connectivity index (χ4v) is 5.03. The largest absolute Gasteiger partial charge is 0.489 e. The van der Waals surface area contributed by atoms with Crippen molar-refractivity contribution in [3.63, 3.8) is 0 Å². The molecular weight excluding hydrogens is 436 g/mol. The predicted octanol–water partition coefficient (Wildman–Crippen LogP) is 5.97. The first-order valence-electron chi connectivity index (χ1n) is 11.9. The van der Waals surface area contributed by atoms with E-state index in [-0.39, 0.29) is 24.0 Å². The molecule has 0 radical (unpaired) electrons. The van der Waals surface area contributed by atoms with Gasteiger partial charge in [-0.1, -0.05) is 42.0 Å². The summed E-state index contributed by atoms with van der Waals surface area (Å²) in [6, 6.07) is 25.0. The number of allylic oxidation sites excluding steroid dienone is 2. The van der Waals surface area contributed by atoms with E-state index in [9.17, 15) is 9.59 Å². The highest BCUT2D eigenvalue weighted by molar-refractivity contribution is 6.07. The van der Waals surface area contributed by atoms with Crippen molar-refractivity contribution in [1.29, 1.82) is 5.26 Å². The van der Waals surface area contributed by atoms with Crippen LogP contribution in [-0.4, -0.2) is 11.7 Å². The summed E-state index contributed by atoms with van der Waals surface area (Å²) in [6.07, 6.45) is 2.15. The van der Waals surface area contributed by atoms with Crippen LogP contribution in [0.2, 0.25) is 0 Å². The average Bonchev–Trinajstić information content (AvgIpc) is 2.88. The van der Waals surface area contributed by atoms with E-state index in [0.29, 0.717) is 30.7 Å². The third-order valence-corrected chi connectivity index (χ3v) is 6.70. The summed E-state index contributed by atoms with van der Waals surface area (Å²) in [5.41, 5.74) is 6.03. The molecule has 0 fully saturated rings. The van der Waals surface area contributed by atoms with E-state index in [1.165, 1.54) is 5.56 Å². The first kappa shape index (κ1) is 22.6. The maximum Gasteiger partial charge on any atom is 0.232 e. The van der Waals surface area contributed by atoms with Crippen LogP contribution < -0.4 is 9.64 Å². The van der Waals surface area contributed by atoms with Crippen molar-refractivity contribution in [2.75, 3.05) is 4.90 Å². The van der Waals surface area contributed by atoms with Crippen LogP contribution in [0.15, 0.2) is 84.1 Å². The van der Waals surface area contributed by atoms with Gasteiger partial charge in [0, 0.05) is 35.7 Å². The number of hydrogen-bond acceptors (Lipinski definition) is 4. The maximum atomic E-state index is 13.3. The van der Waals surface area contributed by atoms with Gasteiger partial charge in [-0.05, 0) is 67.3 Å². The van der Waals surface area contributed by atoms with E-state index in [0.717, 1.165) is 34.6 Å². The van der Waals surface area contributed by atoms with Crippen LogP contribution in [0.3, 0.4) is 0 Å². The minimum atomic E-state index is -0.259. The Bertz CT molecular complexity index is 1350. The molecule has 1 heterocycles. The molecule has 1 aliphatic carbocycles. The number of ether oxygens (including phenoxy) is 1. The molecule has 2 aliphatic rings. The lowest BCUT2D eigenvalue weighted by molar-refractivity contribution is -0.119. The van der Waals surface area contributed by atoms with Crippen molar-refractivity contribution in [1.82, 2.24) is 0 Å². The van der Waals surface area contributed by atoms with Gasteiger partial charge < -0.3 is 4.74 Å². The number of nitrogens with zero attached hydrogens (tertiary/aromatic N) is 2. The molecule has 1 aliphatic heterocycles. The van der Waals surface area contributed by atoms with Gasteiger partial charge in [-0.2, -0.15) is 5.26 Å². The number of aryl methyl sites for hydroxylation is 1. The zero-order valence-electron chi connectivity index (χ0n) is 19.7. The molecule has 0 bridgehead atoms. The van der Waals surface area contributed by atoms with Gasteiger partial charge in [0.1, 0.15) is 12.4 Å². The lowest BCUT2D eigenvalue weighted by atomic mass is 9.77. The fraction of sp³-hybridized carbons (Fsp3) is 0.233. The van der Waals surface area contributed by atoms with Gasteiger partial charge in [0.15, 0.2) is 5.78 Å². The summed E-state index contributed by atoms with van der Waals surface area (Å²) in [5, 5.41) is 9.10. The van der Waals surface area contributed by atoms with E-state index < -0.39 is 0 Å². The molecule has 174 valence electrons. The fourth-order valence-electron chi connectivity index (χ4n) is 5.03. The highest BCUT2D eigenvalue weighted by Crippen LogP contribution is 2.43. The minimum Gasteiger partial charge on any atom is -0.489 e. The molecule has 0 saturated heterocycles. The Labute approximate surface area is 205 Å². The van der Waals surface area contributed by atoms with Gasteiger partial charge in [0.2, 0.25) is 5.91 Å². The second-order valence-corrected chi connectivity index (χ2v) is 9.13. The van der Waals surface area contributed by atoms with E-state index >= 15 is 0 Å². The standard InChI is InChI=1S/C30H26N2O3/c1-20-4-2-5-22(16-20)19-35-25-14-10-23(11-15-25)26-17-29(34)32(24-12-8-21(18-31)9-13-24)27-6-3-7-28(33)30(26)27/h2,4-5,8-16,26H,3,6-7,17,19H2,1H3. The number of rotatable bonds is 5. The van der Waals surface area contributed by atoms with Crippen LogP contribution in [0, 0.1) is 18.3 Å². The molecule has 0 spiro atoms. The van der Waals surface area contributed by atoms with Crippen molar-refractivity contribution in [3.8, 4) is 11.8 Å². The van der Waals surface area contributed by atoms with Crippen molar-refractivity contribution in [2.45, 2.75) is 45.1 Å². The van der Waals surface area contributed by atoms with Gasteiger partial charge in [0.05, 0.1) is 11.6 Å². The molecule has 35 heavy (non-hydrogen) atoms. The van der Waals surface area contributed by atoms with Crippen LogP contribution >= 0.6 is 0 Å². The Morgan fingerprint density at radius 1 is 1.00 bits per heavy atom. The number of hydrogen-bond donors (Lipinski definition) is 0. The first-order chi connectivity index (χ1) is 17.0. The Hall–Kier alpha value is -4.17. The van der Waals surface area contributed by atoms with Crippen LogP contribution in [0.4, 0.5) is 5.69 Å². The average molecular weight is 463 g/mol. The summed E-state index contributed by atoms with van der Waals surface area (Å²) >= 11 is 0. The number of ketones is 1. The number of amides is 1. The van der Waals surface area contributed by atoms with Crippen molar-refractivity contribution < 1.29 is 14.3 Å². The monoisotopic (exact) mass is 462 g/mol. The van der Waals surface area contributed by atoms with E-state index in [1.54, 1.807) is 29.2 Å². The smallest absolute Gasteiger partial charge is 0.232 e. The topological polar surface area (TPSA) is 70.4 Å². The number of nitriles is 1. The molecule has 1 atom stereocenters. The molecule has 5 nitrogen and oxygen atoms in total. The first-order valence-corrected chi connectivity index (χ1v) is 11.9. The normalized spacial score (nSPS) is 17.7. The summed E-state index contributed by atoms with van der Waals surface area (Å²) in [5.74, 6) is 0.571. The Kier molecular flexibility index (Phi) is 6.20. The molecule has 1 unspecified atom stereocenters. The molecule has 3 aromatic carbocycles. The predicted molar refractivity (Wildman–Crippen MR) is 134 cm³/mol. The van der Waals surface area contributed by atoms with Gasteiger partial charge in [0.25, 0.3) is 0 Å². The molecule has 0 N–H and O–H groups in total. The number of benzene rings is 3. The van der Waals surface area contributed by atoms with Gasteiger partial charge in [-0.15, -0.1) is 0 Å². The quantitative estimate of drug-likeness (QED) is 0.468. The van der Waals surface area contributed by atoms with E-state index in [4.69, 9.17) is 10.00 Å². The third-order valence-electron chi connectivity index (χ3n) is 6.70. The zero-order valence-corrected chi connectivity index (χ0v) is 19.7. The Morgan fingerprint density at radius 2 is 1.77 bits per heavy atom. The molecule has 5 heteroatoms. The molecule has 5 rings (SSSR count). The van der Waals surface area contributed by atoms with Crippen LogP contribution in [0.25, 0.3) is 0 Å². The van der Waals surface area contributed by atoms with Gasteiger partial charge in [-0.25, -0.2) is 0 Å². The van der Waals surface area contributed by atoms with Crippen LogP contribution in [-0.2, 0) is 16.2 Å². The highest BCUT2D eigenvalue weighted by Gasteiger charge is 2.39. The lowest BCUT2D eigenvalue weighted by Crippen LogP contribution is -2.40. The van der Waals surface area contributed by atoms with Crippen molar-refractivity contribution in [3.05, 3.63) is 106 Å². The number of carbonyl (C=O) groups is 2. The highest BCUT2D eigenvalue weighted by atomic mass is 16.5. The SMILES string of the molecule is Cc1cccc(COc2ccc(C3CC(=O)N(c4ccc(C#N)cc4)C4=C3C(=O)CCC4)cc2)c1. The summed E-state index contributed by atoms with van der Waals surface area (Å²) in [7, 11) is 0. The summed E-state index contributed by atoms with van der Waals surface area (Å²) in [4.78, 5) is 28.1. The molecule has 3 aromatic rings. The number of Topliss-reactive ketones (excluding diaryl/α,β-unsaturated/α-hetero) is 1. The van der Waals surface area contributed by atoms with Crippen molar-refractivity contribution >= 4 is 17.4 Å². The second-order valence-electron chi connectivity index (χ2n) is 9.13. The molecular formula is C30H26N2O3. The summed E-state index contributed by atoms with van der Waals surface area (Å²) < 4.78 is 5.96. The zero-order chi connectivity index (χ0) is 24.4. The second kappa shape index (κ2) is 9.60. The molecule has 0 saturated carbocycles. The number of anilines is 1. The van der Waals surface area contributed by atoms with Crippen LogP contribution in [0.5, 0.6) is 5.75 Å². The molecule has 0 aromatic heterocycles.